The number of ketones is 1. The van der Waals surface area contributed by atoms with Gasteiger partial charge < -0.3 is 10.2 Å². The Hall–Kier alpha value is -2.47. The molecule has 1 heterocycles. The van der Waals surface area contributed by atoms with E-state index in [1.165, 1.54) is 6.92 Å². The third kappa shape index (κ3) is 4.08. The highest BCUT2D eigenvalue weighted by molar-refractivity contribution is 7.16. The average Bonchev–Trinajstić information content (AvgIpc) is 3.07. The first-order chi connectivity index (χ1) is 11.5. The highest BCUT2D eigenvalue weighted by Crippen LogP contribution is 2.19. The van der Waals surface area contributed by atoms with Crippen LogP contribution in [0.25, 0.3) is 0 Å². The van der Waals surface area contributed by atoms with Gasteiger partial charge in [-0.2, -0.15) is 0 Å². The second-order valence-corrected chi connectivity index (χ2v) is 6.31. The fourth-order valence-corrected chi connectivity index (χ4v) is 3.03. The normalized spacial score (nSPS) is 10.3. The van der Waals surface area contributed by atoms with Crippen molar-refractivity contribution in [2.45, 2.75) is 20.8 Å². The first kappa shape index (κ1) is 17.9. The quantitative estimate of drug-likeness (QED) is 0.813. The predicted octanol–water partition coefficient (Wildman–Crippen LogP) is 3.69. The van der Waals surface area contributed by atoms with Gasteiger partial charge in [-0.3, -0.25) is 14.4 Å². The van der Waals surface area contributed by atoms with Crippen LogP contribution in [0.3, 0.4) is 0 Å². The zero-order valence-corrected chi connectivity index (χ0v) is 14.8. The van der Waals surface area contributed by atoms with Crippen LogP contribution in [0.15, 0.2) is 36.4 Å². The smallest absolute Gasteiger partial charge is 0.265 e. The van der Waals surface area contributed by atoms with Gasteiger partial charge in [0.1, 0.15) is 0 Å². The Balaban J connectivity index is 2.06. The topological polar surface area (TPSA) is 66.5 Å². The van der Waals surface area contributed by atoms with Gasteiger partial charge in [-0.1, -0.05) is 0 Å². The molecule has 5 nitrogen and oxygen atoms in total. The number of thiophene rings is 1. The number of hydrogen-bond acceptors (Lipinski definition) is 4. The van der Waals surface area contributed by atoms with Gasteiger partial charge in [0.05, 0.1) is 9.75 Å². The molecule has 0 aliphatic carbocycles. The van der Waals surface area contributed by atoms with Crippen LogP contribution in [-0.2, 0) is 0 Å². The third-order valence-electron chi connectivity index (χ3n) is 3.62. The molecule has 0 radical (unpaired) electrons. The van der Waals surface area contributed by atoms with E-state index in [9.17, 15) is 14.4 Å². The van der Waals surface area contributed by atoms with Crippen LogP contribution in [0.5, 0.6) is 0 Å². The molecule has 2 aromatic rings. The van der Waals surface area contributed by atoms with Crippen molar-refractivity contribution in [2.24, 2.45) is 0 Å². The molecule has 0 bridgehead atoms. The van der Waals surface area contributed by atoms with Crippen LogP contribution in [0.2, 0.25) is 0 Å². The molecule has 2 rings (SSSR count). The van der Waals surface area contributed by atoms with E-state index < -0.39 is 0 Å². The first-order valence-electron chi connectivity index (χ1n) is 7.77. The third-order valence-corrected chi connectivity index (χ3v) is 4.80. The number of nitrogens with one attached hydrogen (secondary N) is 1. The molecular weight excluding hydrogens is 324 g/mol. The van der Waals surface area contributed by atoms with Gasteiger partial charge >= 0.3 is 0 Å². The monoisotopic (exact) mass is 344 g/mol. The van der Waals surface area contributed by atoms with Crippen molar-refractivity contribution in [1.29, 1.82) is 0 Å². The van der Waals surface area contributed by atoms with Crippen molar-refractivity contribution < 1.29 is 14.4 Å². The molecule has 0 aliphatic heterocycles. The summed E-state index contributed by atoms with van der Waals surface area (Å²) in [7, 11) is 0. The molecule has 126 valence electrons. The van der Waals surface area contributed by atoms with Gasteiger partial charge in [-0.25, -0.2) is 0 Å². The predicted molar refractivity (Wildman–Crippen MR) is 96.0 cm³/mol. The number of carbonyl (C=O) groups excluding carboxylic acids is 3. The molecule has 0 atom stereocenters. The molecule has 0 spiro atoms. The van der Waals surface area contributed by atoms with Crippen molar-refractivity contribution in [3.63, 3.8) is 0 Å². The summed E-state index contributed by atoms with van der Waals surface area (Å²) < 4.78 is 0. The Kier molecular flexibility index (Phi) is 5.87. The number of anilines is 1. The van der Waals surface area contributed by atoms with Crippen LogP contribution >= 0.6 is 11.3 Å². The Morgan fingerprint density at radius 2 is 1.54 bits per heavy atom. The van der Waals surface area contributed by atoms with Gasteiger partial charge in [0.25, 0.3) is 11.8 Å². The lowest BCUT2D eigenvalue weighted by Crippen LogP contribution is -2.30. The zero-order chi connectivity index (χ0) is 17.7. The SMILES string of the molecule is CCN(CC)C(=O)c1ccc(NC(=O)c2ccc(C(C)=O)s2)cc1. The molecule has 2 amide bonds. The maximum Gasteiger partial charge on any atom is 0.265 e. The van der Waals surface area contributed by atoms with Gasteiger partial charge in [-0.05, 0) is 57.2 Å². The first-order valence-corrected chi connectivity index (χ1v) is 8.59. The van der Waals surface area contributed by atoms with E-state index in [1.807, 2.05) is 13.8 Å². The minimum Gasteiger partial charge on any atom is -0.339 e. The summed E-state index contributed by atoms with van der Waals surface area (Å²) in [5.41, 5.74) is 1.19. The highest BCUT2D eigenvalue weighted by atomic mass is 32.1. The van der Waals surface area contributed by atoms with Crippen molar-refractivity contribution in [1.82, 2.24) is 4.90 Å². The van der Waals surface area contributed by atoms with Gasteiger partial charge in [0.15, 0.2) is 5.78 Å². The summed E-state index contributed by atoms with van der Waals surface area (Å²) in [5.74, 6) is -0.351. The molecule has 0 fully saturated rings. The van der Waals surface area contributed by atoms with Crippen molar-refractivity contribution in [3.8, 4) is 0 Å². The van der Waals surface area contributed by atoms with E-state index >= 15 is 0 Å². The standard InChI is InChI=1S/C18H20N2O3S/c1-4-20(5-2)18(23)13-6-8-14(9-7-13)19-17(22)16-11-10-15(24-16)12(3)21/h6-11H,4-5H2,1-3H3,(H,19,22). The van der Waals surface area contributed by atoms with Gasteiger partial charge in [0, 0.05) is 24.3 Å². The van der Waals surface area contributed by atoms with Gasteiger partial charge in [-0.15, -0.1) is 11.3 Å². The van der Waals surface area contributed by atoms with E-state index in [0.717, 1.165) is 11.3 Å². The van der Waals surface area contributed by atoms with Gasteiger partial charge in [0.2, 0.25) is 0 Å². The number of benzene rings is 1. The zero-order valence-electron chi connectivity index (χ0n) is 14.0. The summed E-state index contributed by atoms with van der Waals surface area (Å²) in [6.45, 7) is 6.66. The summed E-state index contributed by atoms with van der Waals surface area (Å²) in [6.07, 6.45) is 0. The number of nitrogens with zero attached hydrogens (tertiary/aromatic N) is 1. The second kappa shape index (κ2) is 7.88. The summed E-state index contributed by atoms with van der Waals surface area (Å²) >= 11 is 1.16. The summed E-state index contributed by atoms with van der Waals surface area (Å²) in [6, 6.07) is 10.1. The lowest BCUT2D eigenvalue weighted by molar-refractivity contribution is 0.0772. The van der Waals surface area contributed by atoms with Crippen LogP contribution in [0, 0.1) is 0 Å². The van der Waals surface area contributed by atoms with E-state index in [4.69, 9.17) is 0 Å². The number of Topliss-reactive ketones (excluding diaryl/α,β-unsaturated/α-hetero) is 1. The van der Waals surface area contributed by atoms with Crippen LogP contribution in [0.4, 0.5) is 5.69 Å². The maximum absolute atomic E-state index is 12.2. The molecule has 0 saturated carbocycles. The number of hydrogen-bond donors (Lipinski definition) is 1. The lowest BCUT2D eigenvalue weighted by Gasteiger charge is -2.18. The average molecular weight is 344 g/mol. The highest BCUT2D eigenvalue weighted by Gasteiger charge is 2.14. The molecule has 0 unspecified atom stereocenters. The molecule has 1 aromatic heterocycles. The Morgan fingerprint density at radius 1 is 0.958 bits per heavy atom. The van der Waals surface area contributed by atoms with Crippen molar-refractivity contribution in [3.05, 3.63) is 51.7 Å². The fourth-order valence-electron chi connectivity index (χ4n) is 2.23. The largest absolute Gasteiger partial charge is 0.339 e. The fraction of sp³-hybridized carbons (Fsp3) is 0.278. The molecule has 1 N–H and O–H groups in total. The lowest BCUT2D eigenvalue weighted by atomic mass is 10.1. The Morgan fingerprint density at radius 3 is 2.04 bits per heavy atom. The van der Waals surface area contributed by atoms with Crippen LogP contribution in [0.1, 0.15) is 50.5 Å². The van der Waals surface area contributed by atoms with Crippen molar-refractivity contribution >= 4 is 34.6 Å². The summed E-state index contributed by atoms with van der Waals surface area (Å²) in [4.78, 5) is 38.5. The molecule has 0 aliphatic rings. The van der Waals surface area contributed by atoms with Crippen molar-refractivity contribution in [2.75, 3.05) is 18.4 Å². The summed E-state index contributed by atoms with van der Waals surface area (Å²) in [5, 5.41) is 2.77. The second-order valence-electron chi connectivity index (χ2n) is 5.23. The van der Waals surface area contributed by atoms with E-state index in [2.05, 4.69) is 5.32 Å². The number of amides is 2. The molecule has 0 saturated heterocycles. The molecule has 6 heteroatoms. The van der Waals surface area contributed by atoms with E-state index in [1.54, 1.807) is 41.3 Å². The minimum absolute atomic E-state index is 0.0257. The van der Waals surface area contributed by atoms with Crippen LogP contribution in [-0.4, -0.2) is 35.6 Å². The van der Waals surface area contributed by atoms with E-state index in [0.29, 0.717) is 34.1 Å². The molecule has 1 aromatic carbocycles. The number of rotatable bonds is 6. The molecular formula is C18H20N2O3S. The number of carbonyl (C=O) groups is 3. The Bertz CT molecular complexity index is 746. The Labute approximate surface area is 145 Å². The maximum atomic E-state index is 12.2. The molecule has 24 heavy (non-hydrogen) atoms. The van der Waals surface area contributed by atoms with Crippen LogP contribution < -0.4 is 5.32 Å². The van der Waals surface area contributed by atoms with E-state index in [-0.39, 0.29) is 17.6 Å². The minimum atomic E-state index is -0.268.